The Bertz CT molecular complexity index is 374. The molecular formula is C15H27N3O2. The van der Waals surface area contributed by atoms with Crippen molar-refractivity contribution in [1.82, 2.24) is 4.98 Å². The first kappa shape index (κ1) is 16.7. The van der Waals surface area contributed by atoms with Crippen LogP contribution in [-0.2, 0) is 9.47 Å². The standard InChI is InChI=1S/C15H27N3O2/c1-5-9-16-14-7-6-8-15(17-14)18(10-11-19-3)13(2)12-20-4/h6-8,13H,5,9-12H2,1-4H3,(H,16,17). The highest BCUT2D eigenvalue weighted by Crippen LogP contribution is 2.17. The van der Waals surface area contributed by atoms with Crippen molar-refractivity contribution >= 4 is 11.6 Å². The fourth-order valence-corrected chi connectivity index (χ4v) is 2.02. The largest absolute Gasteiger partial charge is 0.383 e. The Morgan fingerprint density at radius 3 is 2.75 bits per heavy atom. The summed E-state index contributed by atoms with van der Waals surface area (Å²) in [7, 11) is 3.43. The third-order valence-corrected chi connectivity index (χ3v) is 3.06. The summed E-state index contributed by atoms with van der Waals surface area (Å²) in [6.45, 7) is 7.34. The number of methoxy groups -OCH3 is 2. The Kier molecular flexibility index (Phi) is 7.99. The summed E-state index contributed by atoms with van der Waals surface area (Å²) in [5.74, 6) is 1.86. The molecule has 1 aromatic rings. The summed E-state index contributed by atoms with van der Waals surface area (Å²) in [5, 5.41) is 3.32. The number of nitrogens with zero attached hydrogens (tertiary/aromatic N) is 2. The Labute approximate surface area is 122 Å². The summed E-state index contributed by atoms with van der Waals surface area (Å²) >= 11 is 0. The predicted molar refractivity (Wildman–Crippen MR) is 83.6 cm³/mol. The summed E-state index contributed by atoms with van der Waals surface area (Å²) < 4.78 is 10.4. The number of hydrogen-bond donors (Lipinski definition) is 1. The second-order valence-electron chi connectivity index (χ2n) is 4.80. The molecule has 0 aromatic carbocycles. The molecule has 1 unspecified atom stereocenters. The van der Waals surface area contributed by atoms with Gasteiger partial charge in [-0.15, -0.1) is 0 Å². The van der Waals surface area contributed by atoms with Gasteiger partial charge in [0.1, 0.15) is 11.6 Å². The molecule has 0 radical (unpaired) electrons. The summed E-state index contributed by atoms with van der Waals surface area (Å²) in [5.41, 5.74) is 0. The van der Waals surface area contributed by atoms with Crippen molar-refractivity contribution in [2.24, 2.45) is 0 Å². The Morgan fingerprint density at radius 1 is 1.30 bits per heavy atom. The minimum atomic E-state index is 0.254. The van der Waals surface area contributed by atoms with Gasteiger partial charge in [-0.2, -0.15) is 0 Å². The number of nitrogens with one attached hydrogen (secondary N) is 1. The van der Waals surface area contributed by atoms with E-state index in [1.54, 1.807) is 14.2 Å². The lowest BCUT2D eigenvalue weighted by Crippen LogP contribution is -2.39. The molecule has 0 aliphatic carbocycles. The second-order valence-corrected chi connectivity index (χ2v) is 4.80. The number of ether oxygens (including phenoxy) is 2. The molecule has 1 aromatic heterocycles. The lowest BCUT2D eigenvalue weighted by Gasteiger charge is -2.30. The van der Waals surface area contributed by atoms with Gasteiger partial charge >= 0.3 is 0 Å². The molecule has 0 amide bonds. The van der Waals surface area contributed by atoms with Crippen LogP contribution in [0.25, 0.3) is 0 Å². The van der Waals surface area contributed by atoms with E-state index in [2.05, 4.69) is 29.0 Å². The molecule has 1 rings (SSSR count). The molecule has 1 atom stereocenters. The Morgan fingerprint density at radius 2 is 2.10 bits per heavy atom. The van der Waals surface area contributed by atoms with Gasteiger partial charge in [-0.05, 0) is 25.5 Å². The van der Waals surface area contributed by atoms with Gasteiger partial charge in [0.25, 0.3) is 0 Å². The fraction of sp³-hybridized carbons (Fsp3) is 0.667. The zero-order chi connectivity index (χ0) is 14.8. The van der Waals surface area contributed by atoms with E-state index in [0.29, 0.717) is 13.2 Å². The van der Waals surface area contributed by atoms with E-state index >= 15 is 0 Å². The van der Waals surface area contributed by atoms with Gasteiger partial charge in [-0.1, -0.05) is 13.0 Å². The molecule has 0 aliphatic heterocycles. The quantitative estimate of drug-likeness (QED) is 0.713. The number of anilines is 2. The van der Waals surface area contributed by atoms with Crippen LogP contribution in [0.1, 0.15) is 20.3 Å². The second kappa shape index (κ2) is 9.55. The first-order valence-electron chi connectivity index (χ1n) is 7.18. The highest BCUT2D eigenvalue weighted by Gasteiger charge is 2.15. The number of aromatic nitrogens is 1. The van der Waals surface area contributed by atoms with E-state index in [1.165, 1.54) is 0 Å². The van der Waals surface area contributed by atoms with Gasteiger partial charge in [0.15, 0.2) is 0 Å². The molecule has 5 heteroatoms. The minimum absolute atomic E-state index is 0.254. The fourth-order valence-electron chi connectivity index (χ4n) is 2.02. The normalized spacial score (nSPS) is 12.2. The van der Waals surface area contributed by atoms with Crippen LogP contribution in [0.2, 0.25) is 0 Å². The summed E-state index contributed by atoms with van der Waals surface area (Å²) in [4.78, 5) is 6.88. The monoisotopic (exact) mass is 281 g/mol. The van der Waals surface area contributed by atoms with E-state index in [0.717, 1.165) is 31.1 Å². The minimum Gasteiger partial charge on any atom is -0.383 e. The summed E-state index contributed by atoms with van der Waals surface area (Å²) in [6, 6.07) is 6.30. The van der Waals surface area contributed by atoms with Crippen molar-refractivity contribution in [3.05, 3.63) is 18.2 Å². The van der Waals surface area contributed by atoms with Crippen molar-refractivity contribution < 1.29 is 9.47 Å². The Hall–Kier alpha value is -1.33. The molecule has 1 heterocycles. The predicted octanol–water partition coefficient (Wildman–Crippen LogP) is 2.39. The molecule has 20 heavy (non-hydrogen) atoms. The number of rotatable bonds is 10. The number of hydrogen-bond acceptors (Lipinski definition) is 5. The SMILES string of the molecule is CCCNc1cccc(N(CCOC)C(C)COC)n1. The van der Waals surface area contributed by atoms with E-state index in [4.69, 9.17) is 9.47 Å². The van der Waals surface area contributed by atoms with E-state index in [-0.39, 0.29) is 6.04 Å². The van der Waals surface area contributed by atoms with Crippen molar-refractivity contribution in [3.8, 4) is 0 Å². The average molecular weight is 281 g/mol. The molecule has 0 spiro atoms. The summed E-state index contributed by atoms with van der Waals surface area (Å²) in [6.07, 6.45) is 1.08. The van der Waals surface area contributed by atoms with Gasteiger partial charge in [-0.25, -0.2) is 4.98 Å². The molecule has 1 N–H and O–H groups in total. The van der Waals surface area contributed by atoms with Gasteiger partial charge in [-0.3, -0.25) is 0 Å². The van der Waals surface area contributed by atoms with Crippen LogP contribution in [0.5, 0.6) is 0 Å². The molecule has 0 aliphatic rings. The highest BCUT2D eigenvalue weighted by atomic mass is 16.5. The van der Waals surface area contributed by atoms with Crippen LogP contribution in [0, 0.1) is 0 Å². The van der Waals surface area contributed by atoms with Gasteiger partial charge in [0.05, 0.1) is 19.3 Å². The number of pyridine rings is 1. The first-order chi connectivity index (χ1) is 9.72. The molecule has 0 fully saturated rings. The maximum atomic E-state index is 5.26. The molecule has 0 saturated heterocycles. The molecule has 5 nitrogen and oxygen atoms in total. The van der Waals surface area contributed by atoms with Crippen LogP contribution in [0.3, 0.4) is 0 Å². The smallest absolute Gasteiger partial charge is 0.131 e. The van der Waals surface area contributed by atoms with Gasteiger partial charge in [0, 0.05) is 27.3 Å². The maximum Gasteiger partial charge on any atom is 0.131 e. The third-order valence-electron chi connectivity index (χ3n) is 3.06. The van der Waals surface area contributed by atoms with Gasteiger partial charge < -0.3 is 19.7 Å². The molecular weight excluding hydrogens is 254 g/mol. The van der Waals surface area contributed by atoms with Crippen LogP contribution in [-0.4, -0.2) is 51.5 Å². The van der Waals surface area contributed by atoms with Crippen LogP contribution < -0.4 is 10.2 Å². The van der Waals surface area contributed by atoms with Crippen LogP contribution in [0.15, 0.2) is 18.2 Å². The van der Waals surface area contributed by atoms with Crippen LogP contribution in [0.4, 0.5) is 11.6 Å². The van der Waals surface area contributed by atoms with E-state index < -0.39 is 0 Å². The van der Waals surface area contributed by atoms with Crippen molar-refractivity contribution in [2.75, 3.05) is 50.7 Å². The van der Waals surface area contributed by atoms with Crippen molar-refractivity contribution in [3.63, 3.8) is 0 Å². The maximum absolute atomic E-state index is 5.26. The molecule has 0 saturated carbocycles. The first-order valence-corrected chi connectivity index (χ1v) is 7.18. The van der Waals surface area contributed by atoms with E-state index in [1.807, 2.05) is 18.2 Å². The van der Waals surface area contributed by atoms with Crippen molar-refractivity contribution in [1.29, 1.82) is 0 Å². The zero-order valence-electron chi connectivity index (χ0n) is 13.1. The average Bonchev–Trinajstić information content (AvgIpc) is 2.46. The van der Waals surface area contributed by atoms with Gasteiger partial charge in [0.2, 0.25) is 0 Å². The third kappa shape index (κ3) is 5.35. The Balaban J connectivity index is 2.82. The molecule has 114 valence electrons. The molecule has 0 bridgehead atoms. The topological polar surface area (TPSA) is 46.6 Å². The zero-order valence-corrected chi connectivity index (χ0v) is 13.1. The van der Waals surface area contributed by atoms with E-state index in [9.17, 15) is 0 Å². The highest BCUT2D eigenvalue weighted by molar-refractivity contribution is 5.47. The van der Waals surface area contributed by atoms with Crippen molar-refractivity contribution in [2.45, 2.75) is 26.3 Å². The lowest BCUT2D eigenvalue weighted by molar-refractivity contribution is 0.170. The lowest BCUT2D eigenvalue weighted by atomic mass is 10.2. The van der Waals surface area contributed by atoms with Crippen LogP contribution >= 0.6 is 0 Å².